The lowest BCUT2D eigenvalue weighted by Gasteiger charge is -2.21. The molecule has 0 radical (unpaired) electrons. The Morgan fingerprint density at radius 2 is 1.66 bits per heavy atom. The van der Waals surface area contributed by atoms with Gasteiger partial charge in [-0.3, -0.25) is 0 Å². The summed E-state index contributed by atoms with van der Waals surface area (Å²) in [7, 11) is 0. The normalized spacial score (nSPS) is 11.0. The van der Waals surface area contributed by atoms with E-state index in [-0.39, 0.29) is 0 Å². The van der Waals surface area contributed by atoms with Gasteiger partial charge in [-0.2, -0.15) is 0 Å². The molecule has 2 aromatic carbocycles. The van der Waals surface area contributed by atoms with Gasteiger partial charge in [-0.05, 0) is 62.7 Å². The lowest BCUT2D eigenvalue weighted by Crippen LogP contribution is -2.21. The van der Waals surface area contributed by atoms with E-state index < -0.39 is 0 Å². The second-order valence-electron chi connectivity index (χ2n) is 6.79. The Morgan fingerprint density at radius 3 is 2.31 bits per heavy atom. The molecule has 148 valence electrons. The minimum atomic E-state index is 0.730. The lowest BCUT2D eigenvalue weighted by molar-refractivity contribution is 0.866. The molecule has 0 spiro atoms. The minimum absolute atomic E-state index is 0.730. The summed E-state index contributed by atoms with van der Waals surface area (Å²) in [6.45, 7) is 8.46. The standard InChI is InChI=1S/C23H23ClN4S/c1-4-28(5-2)19-12-10-18(11-13-19)27-22-21-20(16-6-8-17(24)9-7-16)15(3)29-23(21)26-14-25-22/h6-14H,4-5H2,1-3H3,(H,25,26,27). The minimum Gasteiger partial charge on any atom is -0.372 e. The Morgan fingerprint density at radius 1 is 0.966 bits per heavy atom. The van der Waals surface area contributed by atoms with Crippen LogP contribution >= 0.6 is 22.9 Å². The molecule has 2 heterocycles. The average Bonchev–Trinajstić information content (AvgIpc) is 3.07. The van der Waals surface area contributed by atoms with E-state index in [2.05, 4.69) is 65.2 Å². The molecular weight excluding hydrogens is 400 g/mol. The molecule has 29 heavy (non-hydrogen) atoms. The van der Waals surface area contributed by atoms with E-state index in [9.17, 15) is 0 Å². The van der Waals surface area contributed by atoms with Crippen LogP contribution in [0.1, 0.15) is 18.7 Å². The van der Waals surface area contributed by atoms with Crippen LogP contribution in [0.15, 0.2) is 54.9 Å². The van der Waals surface area contributed by atoms with Gasteiger partial charge in [-0.1, -0.05) is 23.7 Å². The lowest BCUT2D eigenvalue weighted by atomic mass is 10.0. The Kier molecular flexibility index (Phi) is 5.69. The maximum atomic E-state index is 6.09. The van der Waals surface area contributed by atoms with Gasteiger partial charge in [-0.15, -0.1) is 11.3 Å². The van der Waals surface area contributed by atoms with E-state index in [1.807, 2.05) is 24.3 Å². The molecule has 0 fully saturated rings. The molecule has 4 nitrogen and oxygen atoms in total. The van der Waals surface area contributed by atoms with Crippen molar-refractivity contribution in [3.63, 3.8) is 0 Å². The number of nitrogens with one attached hydrogen (secondary N) is 1. The van der Waals surface area contributed by atoms with E-state index in [4.69, 9.17) is 11.6 Å². The summed E-state index contributed by atoms with van der Waals surface area (Å²) in [6, 6.07) is 16.4. The van der Waals surface area contributed by atoms with Crippen molar-refractivity contribution in [1.29, 1.82) is 0 Å². The molecule has 0 aliphatic rings. The number of hydrogen-bond acceptors (Lipinski definition) is 5. The highest BCUT2D eigenvalue weighted by Crippen LogP contribution is 2.41. The third kappa shape index (κ3) is 3.93. The van der Waals surface area contributed by atoms with Crippen molar-refractivity contribution in [3.8, 4) is 11.1 Å². The second-order valence-corrected chi connectivity index (χ2v) is 8.43. The quantitative estimate of drug-likeness (QED) is 0.366. The van der Waals surface area contributed by atoms with Crippen molar-refractivity contribution in [2.24, 2.45) is 0 Å². The Balaban J connectivity index is 1.74. The van der Waals surface area contributed by atoms with E-state index in [0.717, 1.165) is 51.0 Å². The maximum absolute atomic E-state index is 6.09. The second kappa shape index (κ2) is 8.39. The largest absolute Gasteiger partial charge is 0.372 e. The summed E-state index contributed by atoms with van der Waals surface area (Å²) in [6.07, 6.45) is 1.62. The van der Waals surface area contributed by atoms with Crippen LogP contribution in [0.4, 0.5) is 17.2 Å². The Labute approximate surface area is 180 Å². The molecule has 4 rings (SSSR count). The van der Waals surface area contributed by atoms with Gasteiger partial charge in [0.1, 0.15) is 17.0 Å². The summed E-state index contributed by atoms with van der Waals surface area (Å²) < 4.78 is 0. The number of aromatic nitrogens is 2. The van der Waals surface area contributed by atoms with Gasteiger partial charge < -0.3 is 10.2 Å². The van der Waals surface area contributed by atoms with Gasteiger partial charge in [0.15, 0.2) is 0 Å². The highest BCUT2D eigenvalue weighted by Gasteiger charge is 2.17. The fraction of sp³-hybridized carbons (Fsp3) is 0.217. The van der Waals surface area contributed by atoms with Crippen molar-refractivity contribution >= 4 is 50.3 Å². The summed E-state index contributed by atoms with van der Waals surface area (Å²) in [5.41, 5.74) is 4.51. The van der Waals surface area contributed by atoms with E-state index in [0.29, 0.717) is 0 Å². The molecule has 2 aromatic heterocycles. The summed E-state index contributed by atoms with van der Waals surface area (Å²) >= 11 is 7.77. The predicted molar refractivity (Wildman–Crippen MR) is 126 cm³/mol. The van der Waals surface area contributed by atoms with Crippen LogP contribution in [0, 0.1) is 6.92 Å². The van der Waals surface area contributed by atoms with Crippen molar-refractivity contribution in [1.82, 2.24) is 9.97 Å². The van der Waals surface area contributed by atoms with Gasteiger partial charge >= 0.3 is 0 Å². The molecule has 0 bridgehead atoms. The number of nitrogens with zero attached hydrogens (tertiary/aromatic N) is 3. The zero-order chi connectivity index (χ0) is 20.4. The Bertz CT molecular complexity index is 1120. The third-order valence-electron chi connectivity index (χ3n) is 5.06. The number of benzene rings is 2. The first kappa shape index (κ1) is 19.7. The maximum Gasteiger partial charge on any atom is 0.143 e. The molecule has 0 saturated carbocycles. The number of hydrogen-bond donors (Lipinski definition) is 1. The number of thiophene rings is 1. The number of anilines is 3. The van der Waals surface area contributed by atoms with Gasteiger partial charge in [0.05, 0.1) is 5.39 Å². The van der Waals surface area contributed by atoms with Crippen molar-refractivity contribution < 1.29 is 0 Å². The molecule has 6 heteroatoms. The fourth-order valence-corrected chi connectivity index (χ4v) is 4.72. The molecule has 4 aromatic rings. The van der Waals surface area contributed by atoms with Gasteiger partial charge in [-0.25, -0.2) is 9.97 Å². The molecular formula is C23H23ClN4S. The van der Waals surface area contributed by atoms with Crippen LogP contribution < -0.4 is 10.2 Å². The first-order chi connectivity index (χ1) is 14.1. The van der Waals surface area contributed by atoms with Gasteiger partial charge in [0.2, 0.25) is 0 Å². The zero-order valence-corrected chi connectivity index (χ0v) is 18.3. The summed E-state index contributed by atoms with van der Waals surface area (Å²) in [5, 5.41) is 5.27. The van der Waals surface area contributed by atoms with Gasteiger partial charge in [0.25, 0.3) is 0 Å². The SMILES string of the molecule is CCN(CC)c1ccc(Nc2ncnc3sc(C)c(-c4ccc(Cl)cc4)c23)cc1. The smallest absolute Gasteiger partial charge is 0.143 e. The first-order valence-electron chi connectivity index (χ1n) is 9.72. The molecule has 0 amide bonds. The number of halogens is 1. The van der Waals surface area contributed by atoms with Crippen LogP contribution in [0.25, 0.3) is 21.3 Å². The number of fused-ring (bicyclic) bond motifs is 1. The summed E-state index contributed by atoms with van der Waals surface area (Å²) in [4.78, 5) is 13.6. The van der Waals surface area contributed by atoms with Crippen molar-refractivity contribution in [3.05, 3.63) is 64.8 Å². The highest BCUT2D eigenvalue weighted by molar-refractivity contribution is 7.19. The third-order valence-corrected chi connectivity index (χ3v) is 6.32. The number of aryl methyl sites for hydroxylation is 1. The van der Waals surface area contributed by atoms with Crippen LogP contribution in [0.5, 0.6) is 0 Å². The van der Waals surface area contributed by atoms with E-state index in [1.165, 1.54) is 10.6 Å². The summed E-state index contributed by atoms with van der Waals surface area (Å²) in [5.74, 6) is 0.819. The van der Waals surface area contributed by atoms with Crippen LogP contribution in [0.2, 0.25) is 5.02 Å². The highest BCUT2D eigenvalue weighted by atomic mass is 35.5. The van der Waals surface area contributed by atoms with Gasteiger partial charge in [0, 0.05) is 39.9 Å². The zero-order valence-electron chi connectivity index (χ0n) is 16.7. The van der Waals surface area contributed by atoms with E-state index in [1.54, 1.807) is 17.7 Å². The molecule has 1 N–H and O–H groups in total. The Hall–Kier alpha value is -2.63. The topological polar surface area (TPSA) is 41.0 Å². The first-order valence-corrected chi connectivity index (χ1v) is 10.9. The molecule has 0 aliphatic heterocycles. The predicted octanol–water partition coefficient (Wildman–Crippen LogP) is 6.91. The molecule has 0 unspecified atom stereocenters. The van der Waals surface area contributed by atoms with Crippen LogP contribution in [-0.2, 0) is 0 Å². The average molecular weight is 423 g/mol. The van der Waals surface area contributed by atoms with E-state index >= 15 is 0 Å². The molecule has 0 atom stereocenters. The van der Waals surface area contributed by atoms with Crippen LogP contribution in [-0.4, -0.2) is 23.1 Å². The molecule has 0 saturated heterocycles. The fourth-order valence-electron chi connectivity index (χ4n) is 3.58. The monoisotopic (exact) mass is 422 g/mol. The van der Waals surface area contributed by atoms with Crippen LogP contribution in [0.3, 0.4) is 0 Å². The van der Waals surface area contributed by atoms with Crippen molar-refractivity contribution in [2.75, 3.05) is 23.3 Å². The molecule has 0 aliphatic carbocycles. The number of rotatable bonds is 6. The van der Waals surface area contributed by atoms with Crippen molar-refractivity contribution in [2.45, 2.75) is 20.8 Å².